The molecule has 2 amide bonds. The highest BCUT2D eigenvalue weighted by Crippen LogP contribution is 2.38. The van der Waals surface area contributed by atoms with Crippen molar-refractivity contribution in [1.29, 1.82) is 0 Å². The molecular formula is C20H20N2O3. The molecule has 2 aromatic carbocycles. The topological polar surface area (TPSA) is 58.6 Å². The first-order valence-corrected chi connectivity index (χ1v) is 8.66. The maximum absolute atomic E-state index is 12.7. The van der Waals surface area contributed by atoms with Crippen LogP contribution < -0.4 is 15.0 Å². The first kappa shape index (κ1) is 15.7. The molecule has 0 aliphatic carbocycles. The van der Waals surface area contributed by atoms with Gasteiger partial charge < -0.3 is 15.0 Å². The van der Waals surface area contributed by atoms with Gasteiger partial charge in [0.1, 0.15) is 5.75 Å². The summed E-state index contributed by atoms with van der Waals surface area (Å²) in [6.07, 6.45) is 2.11. The van der Waals surface area contributed by atoms with E-state index in [1.165, 1.54) is 0 Å². The van der Waals surface area contributed by atoms with Crippen LogP contribution in [-0.2, 0) is 17.6 Å². The van der Waals surface area contributed by atoms with E-state index in [1.54, 1.807) is 12.1 Å². The summed E-state index contributed by atoms with van der Waals surface area (Å²) in [6.45, 7) is 3.15. The fraction of sp³-hybridized carbons (Fsp3) is 0.300. The fourth-order valence-electron chi connectivity index (χ4n) is 3.66. The van der Waals surface area contributed by atoms with Gasteiger partial charge in [0, 0.05) is 18.7 Å². The molecule has 0 spiro atoms. The summed E-state index contributed by atoms with van der Waals surface area (Å²) in [7, 11) is 0. The molecule has 0 saturated carbocycles. The second kappa shape index (κ2) is 6.24. The number of benzene rings is 2. The van der Waals surface area contributed by atoms with Crippen LogP contribution in [0.3, 0.4) is 0 Å². The molecule has 5 nitrogen and oxygen atoms in total. The molecule has 0 unspecified atom stereocenters. The highest BCUT2D eigenvalue weighted by atomic mass is 16.5. The molecule has 0 aromatic heterocycles. The Morgan fingerprint density at radius 3 is 2.72 bits per heavy atom. The third kappa shape index (κ3) is 2.76. The Morgan fingerprint density at radius 1 is 1.16 bits per heavy atom. The van der Waals surface area contributed by atoms with E-state index in [2.05, 4.69) is 5.32 Å². The van der Waals surface area contributed by atoms with E-state index in [9.17, 15) is 9.59 Å². The molecule has 5 heteroatoms. The third-order valence-electron chi connectivity index (χ3n) is 4.74. The van der Waals surface area contributed by atoms with Crippen LogP contribution in [0.25, 0.3) is 0 Å². The van der Waals surface area contributed by atoms with Gasteiger partial charge in [-0.1, -0.05) is 12.1 Å². The van der Waals surface area contributed by atoms with E-state index in [4.69, 9.17) is 4.74 Å². The van der Waals surface area contributed by atoms with Crippen LogP contribution in [0.15, 0.2) is 36.4 Å². The van der Waals surface area contributed by atoms with Crippen molar-refractivity contribution in [3.8, 4) is 5.75 Å². The SMILES string of the molecule is CCOc1ccccc1C(=O)Nc1cc2c3c(c1)CCN3C(=O)CC2. The second-order valence-corrected chi connectivity index (χ2v) is 6.32. The average Bonchev–Trinajstić information content (AvgIpc) is 3.04. The molecular weight excluding hydrogens is 316 g/mol. The van der Waals surface area contributed by atoms with Crippen LogP contribution in [0.1, 0.15) is 34.8 Å². The largest absolute Gasteiger partial charge is 0.493 e. The minimum absolute atomic E-state index is 0.182. The smallest absolute Gasteiger partial charge is 0.259 e. The highest BCUT2D eigenvalue weighted by molar-refractivity contribution is 6.07. The van der Waals surface area contributed by atoms with Gasteiger partial charge in [0.2, 0.25) is 5.91 Å². The van der Waals surface area contributed by atoms with Gasteiger partial charge >= 0.3 is 0 Å². The van der Waals surface area contributed by atoms with Crippen LogP contribution in [0.2, 0.25) is 0 Å². The van der Waals surface area contributed by atoms with Gasteiger partial charge in [0.05, 0.1) is 17.9 Å². The molecule has 4 rings (SSSR count). The number of carbonyl (C=O) groups excluding carboxylic acids is 2. The van der Waals surface area contributed by atoms with Gasteiger partial charge in [-0.25, -0.2) is 0 Å². The third-order valence-corrected chi connectivity index (χ3v) is 4.74. The Bertz CT molecular complexity index is 860. The number of para-hydroxylation sites is 1. The normalized spacial score (nSPS) is 15.1. The summed E-state index contributed by atoms with van der Waals surface area (Å²) in [5, 5.41) is 2.99. The monoisotopic (exact) mass is 336 g/mol. The Morgan fingerprint density at radius 2 is 1.92 bits per heavy atom. The Balaban J connectivity index is 1.62. The summed E-state index contributed by atoms with van der Waals surface area (Å²) in [6, 6.07) is 11.2. The quantitative estimate of drug-likeness (QED) is 0.933. The molecule has 25 heavy (non-hydrogen) atoms. The number of ether oxygens (including phenoxy) is 1. The average molecular weight is 336 g/mol. The minimum atomic E-state index is -0.182. The summed E-state index contributed by atoms with van der Waals surface area (Å²) < 4.78 is 5.54. The predicted molar refractivity (Wildman–Crippen MR) is 96.4 cm³/mol. The van der Waals surface area contributed by atoms with E-state index in [0.717, 1.165) is 41.9 Å². The first-order chi connectivity index (χ1) is 12.2. The van der Waals surface area contributed by atoms with Crippen molar-refractivity contribution in [2.75, 3.05) is 23.4 Å². The second-order valence-electron chi connectivity index (χ2n) is 6.32. The number of nitrogens with zero attached hydrogens (tertiary/aromatic N) is 1. The summed E-state index contributed by atoms with van der Waals surface area (Å²) in [5.74, 6) is 0.605. The van der Waals surface area contributed by atoms with Crippen molar-refractivity contribution in [3.63, 3.8) is 0 Å². The zero-order valence-electron chi connectivity index (χ0n) is 14.2. The zero-order chi connectivity index (χ0) is 17.4. The number of rotatable bonds is 4. The van der Waals surface area contributed by atoms with Crippen LogP contribution in [-0.4, -0.2) is 25.0 Å². The fourth-order valence-corrected chi connectivity index (χ4v) is 3.66. The maximum atomic E-state index is 12.7. The van der Waals surface area contributed by atoms with Gasteiger partial charge in [0.25, 0.3) is 5.91 Å². The molecule has 128 valence electrons. The van der Waals surface area contributed by atoms with Crippen LogP contribution in [0.4, 0.5) is 11.4 Å². The Kier molecular flexibility index (Phi) is 3.92. The minimum Gasteiger partial charge on any atom is -0.493 e. The molecule has 0 radical (unpaired) electrons. The van der Waals surface area contributed by atoms with Gasteiger partial charge in [-0.2, -0.15) is 0 Å². The Hall–Kier alpha value is -2.82. The van der Waals surface area contributed by atoms with Crippen molar-refractivity contribution in [2.24, 2.45) is 0 Å². The summed E-state index contributed by atoms with van der Waals surface area (Å²) >= 11 is 0. The van der Waals surface area contributed by atoms with Gasteiger partial charge in [-0.05, 0) is 55.2 Å². The van der Waals surface area contributed by atoms with Crippen LogP contribution in [0.5, 0.6) is 5.75 Å². The molecule has 2 aliphatic rings. The number of anilines is 2. The number of nitrogens with one attached hydrogen (secondary N) is 1. The predicted octanol–water partition coefficient (Wildman–Crippen LogP) is 3.17. The van der Waals surface area contributed by atoms with Gasteiger partial charge in [-0.15, -0.1) is 0 Å². The van der Waals surface area contributed by atoms with E-state index in [-0.39, 0.29) is 11.8 Å². The molecule has 0 saturated heterocycles. The van der Waals surface area contributed by atoms with E-state index in [0.29, 0.717) is 24.3 Å². The van der Waals surface area contributed by atoms with Crippen molar-refractivity contribution < 1.29 is 14.3 Å². The number of hydrogen-bond acceptors (Lipinski definition) is 3. The molecule has 0 bridgehead atoms. The lowest BCUT2D eigenvalue weighted by Gasteiger charge is -2.25. The molecule has 2 aliphatic heterocycles. The Labute approximate surface area is 146 Å². The standard InChI is InChI=1S/C20H20N2O3/c1-2-25-17-6-4-3-5-16(17)20(24)21-15-11-13-7-8-18(23)22-10-9-14(12-15)19(13)22/h3-6,11-12H,2,7-10H2,1H3,(H,21,24). The highest BCUT2D eigenvalue weighted by Gasteiger charge is 2.31. The molecule has 0 atom stereocenters. The number of aryl methyl sites for hydroxylation is 1. The van der Waals surface area contributed by atoms with Crippen molar-refractivity contribution in [1.82, 2.24) is 0 Å². The lowest BCUT2D eigenvalue weighted by Crippen LogP contribution is -2.32. The van der Waals surface area contributed by atoms with Crippen LogP contribution >= 0.6 is 0 Å². The lowest BCUT2D eigenvalue weighted by molar-refractivity contribution is -0.118. The molecule has 0 fully saturated rings. The number of carbonyl (C=O) groups is 2. The van der Waals surface area contributed by atoms with Gasteiger partial charge in [-0.3, -0.25) is 9.59 Å². The molecule has 1 N–H and O–H groups in total. The summed E-state index contributed by atoms with van der Waals surface area (Å²) in [5.41, 5.74) is 4.64. The van der Waals surface area contributed by atoms with Crippen molar-refractivity contribution >= 4 is 23.2 Å². The maximum Gasteiger partial charge on any atom is 0.259 e. The van der Waals surface area contributed by atoms with Gasteiger partial charge in [0.15, 0.2) is 0 Å². The van der Waals surface area contributed by atoms with E-state index < -0.39 is 0 Å². The van der Waals surface area contributed by atoms with Crippen molar-refractivity contribution in [2.45, 2.75) is 26.2 Å². The molecule has 2 heterocycles. The summed E-state index contributed by atoms with van der Waals surface area (Å²) in [4.78, 5) is 26.6. The number of amides is 2. The van der Waals surface area contributed by atoms with Crippen molar-refractivity contribution in [3.05, 3.63) is 53.1 Å². The zero-order valence-corrected chi connectivity index (χ0v) is 14.2. The number of hydrogen-bond donors (Lipinski definition) is 1. The van der Waals surface area contributed by atoms with Crippen LogP contribution in [0, 0.1) is 0 Å². The van der Waals surface area contributed by atoms with E-state index >= 15 is 0 Å². The lowest BCUT2D eigenvalue weighted by atomic mass is 9.98. The van der Waals surface area contributed by atoms with E-state index in [1.807, 2.05) is 36.1 Å². The molecule has 2 aromatic rings. The first-order valence-electron chi connectivity index (χ1n) is 8.66.